The Morgan fingerprint density at radius 3 is 2.42 bits per heavy atom. The van der Waals surface area contributed by atoms with E-state index in [1.807, 2.05) is 0 Å². The van der Waals surface area contributed by atoms with Crippen molar-refractivity contribution in [1.29, 1.82) is 0 Å². The smallest absolute Gasteiger partial charge is 0.240 e. The van der Waals surface area contributed by atoms with E-state index in [9.17, 15) is 13.5 Å². The highest BCUT2D eigenvalue weighted by molar-refractivity contribution is 7.89. The van der Waals surface area contributed by atoms with Crippen LogP contribution in [0, 0.1) is 0 Å². The van der Waals surface area contributed by atoms with Crippen molar-refractivity contribution >= 4 is 33.2 Å². The van der Waals surface area contributed by atoms with Crippen LogP contribution >= 0.6 is 23.2 Å². The van der Waals surface area contributed by atoms with Crippen LogP contribution in [0.3, 0.4) is 0 Å². The minimum absolute atomic E-state index is 0.0234. The molecule has 0 spiro atoms. The summed E-state index contributed by atoms with van der Waals surface area (Å²) in [6, 6.07) is 4.11. The number of benzene rings is 1. The lowest BCUT2D eigenvalue weighted by atomic mass is 10.0. The Bertz CT molecular complexity index is 568. The zero-order chi connectivity index (χ0) is 14.1. The first-order chi connectivity index (χ1) is 8.82. The molecule has 0 saturated heterocycles. The highest BCUT2D eigenvalue weighted by Gasteiger charge is 2.32. The molecular weight excluding hydrogens is 309 g/mol. The van der Waals surface area contributed by atoms with Crippen LogP contribution in [0.15, 0.2) is 23.1 Å². The quantitative estimate of drug-likeness (QED) is 0.894. The third-order valence-corrected chi connectivity index (χ3v) is 5.46. The van der Waals surface area contributed by atoms with Crippen molar-refractivity contribution in [3.05, 3.63) is 28.2 Å². The molecule has 7 heteroatoms. The fourth-order valence-corrected chi connectivity index (χ4v) is 3.67. The number of sulfonamides is 1. The van der Waals surface area contributed by atoms with E-state index in [0.717, 1.165) is 12.8 Å². The molecule has 19 heavy (non-hydrogen) atoms. The third kappa shape index (κ3) is 3.61. The van der Waals surface area contributed by atoms with Crippen LogP contribution in [0.1, 0.15) is 25.7 Å². The molecule has 0 aliphatic heterocycles. The molecule has 1 aromatic rings. The molecule has 0 aromatic heterocycles. The van der Waals surface area contributed by atoms with Gasteiger partial charge >= 0.3 is 0 Å². The molecule has 106 valence electrons. The van der Waals surface area contributed by atoms with Crippen LogP contribution in [-0.4, -0.2) is 25.7 Å². The van der Waals surface area contributed by atoms with Gasteiger partial charge in [0.15, 0.2) is 0 Å². The number of aliphatic hydroxyl groups is 1. The van der Waals surface area contributed by atoms with Crippen molar-refractivity contribution in [2.24, 2.45) is 0 Å². The molecule has 1 aliphatic rings. The number of hydrogen-bond donors (Lipinski definition) is 2. The Hall–Kier alpha value is -0.330. The molecule has 1 fully saturated rings. The molecule has 0 heterocycles. The lowest BCUT2D eigenvalue weighted by molar-refractivity contribution is 0.0532. The van der Waals surface area contributed by atoms with Gasteiger partial charge in [-0.05, 0) is 31.0 Å². The molecule has 0 amide bonds. The lowest BCUT2D eigenvalue weighted by Gasteiger charge is -2.22. The molecule has 4 nitrogen and oxygen atoms in total. The summed E-state index contributed by atoms with van der Waals surface area (Å²) in [5, 5.41) is 10.6. The Morgan fingerprint density at radius 1 is 1.21 bits per heavy atom. The van der Waals surface area contributed by atoms with Crippen LogP contribution in [0.5, 0.6) is 0 Å². The molecule has 0 radical (unpaired) electrons. The molecule has 2 N–H and O–H groups in total. The van der Waals surface area contributed by atoms with E-state index in [2.05, 4.69) is 4.72 Å². The first kappa shape index (κ1) is 15.1. The minimum Gasteiger partial charge on any atom is -0.389 e. The van der Waals surface area contributed by atoms with E-state index >= 15 is 0 Å². The molecule has 0 atom stereocenters. The van der Waals surface area contributed by atoms with Crippen LogP contribution in [0.25, 0.3) is 0 Å². The van der Waals surface area contributed by atoms with E-state index in [1.165, 1.54) is 18.2 Å². The predicted octanol–water partition coefficient (Wildman–Crippen LogP) is 2.58. The summed E-state index contributed by atoms with van der Waals surface area (Å²) in [5.41, 5.74) is -0.927. The number of nitrogens with one attached hydrogen (secondary N) is 1. The molecular formula is C12H15Cl2NO3S. The highest BCUT2D eigenvalue weighted by Crippen LogP contribution is 2.29. The summed E-state index contributed by atoms with van der Waals surface area (Å²) in [6.45, 7) is 0.0234. The van der Waals surface area contributed by atoms with Gasteiger partial charge in [-0.2, -0.15) is 0 Å². The Balaban J connectivity index is 2.11. The summed E-state index contributed by atoms with van der Waals surface area (Å²) in [4.78, 5) is 0.0449. The van der Waals surface area contributed by atoms with Crippen molar-refractivity contribution in [3.63, 3.8) is 0 Å². The zero-order valence-electron chi connectivity index (χ0n) is 10.2. The molecule has 1 aromatic carbocycles. The van der Waals surface area contributed by atoms with Gasteiger partial charge in [0.2, 0.25) is 10.0 Å². The van der Waals surface area contributed by atoms with Gasteiger partial charge in [0.05, 0.1) is 20.5 Å². The Morgan fingerprint density at radius 2 is 1.84 bits per heavy atom. The second kappa shape index (κ2) is 5.58. The van der Waals surface area contributed by atoms with Crippen molar-refractivity contribution in [2.45, 2.75) is 36.2 Å². The second-order valence-electron chi connectivity index (χ2n) is 4.83. The number of hydrogen-bond acceptors (Lipinski definition) is 3. The SMILES string of the molecule is O=S(=O)(NCC1(O)CCCC1)c1ccc(Cl)c(Cl)c1. The summed E-state index contributed by atoms with van der Waals surface area (Å²) in [7, 11) is -3.68. The van der Waals surface area contributed by atoms with Gasteiger partial charge in [0.1, 0.15) is 0 Å². The van der Waals surface area contributed by atoms with Crippen molar-refractivity contribution in [1.82, 2.24) is 4.72 Å². The van der Waals surface area contributed by atoms with Gasteiger partial charge in [-0.25, -0.2) is 13.1 Å². The maximum Gasteiger partial charge on any atom is 0.240 e. The summed E-state index contributed by atoms with van der Waals surface area (Å²) < 4.78 is 26.6. The molecule has 1 aliphatic carbocycles. The van der Waals surface area contributed by atoms with Crippen molar-refractivity contribution < 1.29 is 13.5 Å². The summed E-state index contributed by atoms with van der Waals surface area (Å²) in [5.74, 6) is 0. The maximum absolute atomic E-state index is 12.1. The number of rotatable bonds is 4. The number of halogens is 2. The standard InChI is InChI=1S/C12H15Cl2NO3S/c13-10-4-3-9(7-11(10)14)19(17,18)15-8-12(16)5-1-2-6-12/h3-4,7,15-16H,1-2,5-6,8H2. The van der Waals surface area contributed by atoms with Gasteiger partial charge in [0.25, 0.3) is 0 Å². The van der Waals surface area contributed by atoms with Crippen LogP contribution in [0.4, 0.5) is 0 Å². The van der Waals surface area contributed by atoms with Gasteiger partial charge in [0, 0.05) is 6.54 Å². The third-order valence-electron chi connectivity index (χ3n) is 3.33. The van der Waals surface area contributed by atoms with Crippen molar-refractivity contribution in [2.75, 3.05) is 6.54 Å². The van der Waals surface area contributed by atoms with Gasteiger partial charge in [-0.1, -0.05) is 36.0 Å². The van der Waals surface area contributed by atoms with E-state index in [4.69, 9.17) is 23.2 Å². The van der Waals surface area contributed by atoms with E-state index < -0.39 is 15.6 Å². The Kier molecular flexibility index (Phi) is 4.42. The fraction of sp³-hybridized carbons (Fsp3) is 0.500. The highest BCUT2D eigenvalue weighted by atomic mass is 35.5. The Labute approximate surface area is 122 Å². The van der Waals surface area contributed by atoms with Crippen LogP contribution in [0.2, 0.25) is 10.0 Å². The molecule has 0 bridgehead atoms. The molecule has 0 unspecified atom stereocenters. The maximum atomic E-state index is 12.1. The van der Waals surface area contributed by atoms with E-state index in [1.54, 1.807) is 0 Å². The molecule has 1 saturated carbocycles. The zero-order valence-corrected chi connectivity index (χ0v) is 12.5. The largest absolute Gasteiger partial charge is 0.389 e. The average Bonchev–Trinajstić information content (AvgIpc) is 2.78. The van der Waals surface area contributed by atoms with Crippen LogP contribution < -0.4 is 4.72 Å². The van der Waals surface area contributed by atoms with E-state index in [-0.39, 0.29) is 16.5 Å². The predicted molar refractivity (Wildman–Crippen MR) is 75.1 cm³/mol. The van der Waals surface area contributed by atoms with Gasteiger partial charge < -0.3 is 5.11 Å². The first-order valence-corrected chi connectivity index (χ1v) is 8.23. The fourth-order valence-electron chi connectivity index (χ4n) is 2.17. The first-order valence-electron chi connectivity index (χ1n) is 6.00. The molecule has 2 rings (SSSR count). The second-order valence-corrected chi connectivity index (χ2v) is 7.41. The van der Waals surface area contributed by atoms with Crippen LogP contribution in [-0.2, 0) is 10.0 Å². The summed E-state index contributed by atoms with van der Waals surface area (Å²) in [6.07, 6.45) is 3.09. The van der Waals surface area contributed by atoms with Crippen molar-refractivity contribution in [3.8, 4) is 0 Å². The average molecular weight is 324 g/mol. The minimum atomic E-state index is -3.68. The summed E-state index contributed by atoms with van der Waals surface area (Å²) >= 11 is 11.5. The van der Waals surface area contributed by atoms with Gasteiger partial charge in [-0.3, -0.25) is 0 Å². The lowest BCUT2D eigenvalue weighted by Crippen LogP contribution is -2.40. The van der Waals surface area contributed by atoms with E-state index in [0.29, 0.717) is 17.9 Å². The van der Waals surface area contributed by atoms with Gasteiger partial charge in [-0.15, -0.1) is 0 Å². The monoisotopic (exact) mass is 323 g/mol. The normalized spacial score (nSPS) is 18.7. The topological polar surface area (TPSA) is 66.4 Å².